The van der Waals surface area contributed by atoms with Crippen LogP contribution in [-0.4, -0.2) is 26.1 Å². The van der Waals surface area contributed by atoms with Gasteiger partial charge in [0.25, 0.3) is 0 Å². The Morgan fingerprint density at radius 2 is 1.92 bits per heavy atom. The number of hydrogen-bond acceptors (Lipinski definition) is 3. The summed E-state index contributed by atoms with van der Waals surface area (Å²) < 4.78 is 5.22. The topological polar surface area (TPSA) is 50.4 Å². The van der Waals surface area contributed by atoms with Crippen LogP contribution in [-0.2, 0) is 11.2 Å². The third-order valence-electron chi connectivity index (χ3n) is 4.20. The number of amides is 1. The van der Waals surface area contributed by atoms with Gasteiger partial charge in [-0.2, -0.15) is 0 Å². The highest BCUT2D eigenvalue weighted by Crippen LogP contribution is 2.27. The van der Waals surface area contributed by atoms with Gasteiger partial charge in [-0.3, -0.25) is 4.79 Å². The molecule has 0 heterocycles. The van der Waals surface area contributed by atoms with Gasteiger partial charge < -0.3 is 15.4 Å². The summed E-state index contributed by atoms with van der Waals surface area (Å²) in [7, 11) is 1.67. The number of carbonyl (C=O) groups is 1. The number of para-hydroxylation sites is 1. The number of anilines is 1. The van der Waals surface area contributed by atoms with Crippen LogP contribution in [0.25, 0.3) is 0 Å². The van der Waals surface area contributed by atoms with Gasteiger partial charge in [0.05, 0.1) is 13.7 Å². The van der Waals surface area contributed by atoms with Crippen molar-refractivity contribution in [1.82, 2.24) is 5.32 Å². The van der Waals surface area contributed by atoms with Crippen LogP contribution < -0.4 is 15.4 Å². The van der Waals surface area contributed by atoms with E-state index < -0.39 is 0 Å². The fourth-order valence-corrected chi connectivity index (χ4v) is 2.79. The predicted octanol–water partition coefficient (Wildman–Crippen LogP) is 3.90. The summed E-state index contributed by atoms with van der Waals surface area (Å²) >= 11 is 0. The molecule has 2 aromatic carbocycles. The van der Waals surface area contributed by atoms with Gasteiger partial charge in [0, 0.05) is 5.69 Å². The lowest BCUT2D eigenvalue weighted by atomic mass is 9.98. The average Bonchev–Trinajstić information content (AvgIpc) is 2.60. The molecule has 134 valence electrons. The Morgan fingerprint density at radius 1 is 1.16 bits per heavy atom. The van der Waals surface area contributed by atoms with E-state index in [4.69, 9.17) is 4.74 Å². The number of nitrogens with one attached hydrogen (secondary N) is 2. The summed E-state index contributed by atoms with van der Waals surface area (Å²) in [5.74, 6) is 1.22. The number of benzene rings is 2. The Hall–Kier alpha value is -2.33. The maximum Gasteiger partial charge on any atom is 0.238 e. The first kappa shape index (κ1) is 19.0. The summed E-state index contributed by atoms with van der Waals surface area (Å²) in [5, 5.41) is 6.26. The minimum absolute atomic E-state index is 0.0122. The molecular formula is C21H28N2O2. The van der Waals surface area contributed by atoms with Gasteiger partial charge in [-0.15, -0.1) is 0 Å². The molecule has 0 spiro atoms. The molecule has 2 aromatic rings. The third-order valence-corrected chi connectivity index (χ3v) is 4.20. The number of hydrogen-bond donors (Lipinski definition) is 2. The van der Waals surface area contributed by atoms with E-state index in [0.717, 1.165) is 30.0 Å². The molecule has 0 aliphatic rings. The minimum Gasteiger partial charge on any atom is -0.497 e. The zero-order valence-corrected chi connectivity index (χ0v) is 15.6. The normalized spacial score (nSPS) is 10.8. The molecule has 25 heavy (non-hydrogen) atoms. The standard InChI is InChI=1S/C21H28N2O2/c1-15(2)19-10-5-7-16(3)21(19)23-20(24)14-22-12-11-17-8-6-9-18(13-17)25-4/h5-10,13,15,22H,11-12,14H2,1-4H3,(H,23,24). The fourth-order valence-electron chi connectivity index (χ4n) is 2.79. The second-order valence-electron chi connectivity index (χ2n) is 6.52. The molecule has 0 aromatic heterocycles. The first-order valence-corrected chi connectivity index (χ1v) is 8.74. The van der Waals surface area contributed by atoms with Gasteiger partial charge in [0.2, 0.25) is 5.91 Å². The number of carbonyl (C=O) groups excluding carboxylic acids is 1. The molecule has 0 atom stereocenters. The van der Waals surface area contributed by atoms with E-state index >= 15 is 0 Å². The van der Waals surface area contributed by atoms with Crippen molar-refractivity contribution in [3.63, 3.8) is 0 Å². The first-order chi connectivity index (χ1) is 12.0. The van der Waals surface area contributed by atoms with Crippen LogP contribution >= 0.6 is 0 Å². The van der Waals surface area contributed by atoms with E-state index in [9.17, 15) is 4.79 Å². The lowest BCUT2D eigenvalue weighted by Crippen LogP contribution is -2.30. The van der Waals surface area contributed by atoms with Gasteiger partial charge in [-0.1, -0.05) is 44.2 Å². The molecule has 0 aliphatic heterocycles. The number of ether oxygens (including phenoxy) is 1. The Labute approximate surface area is 150 Å². The van der Waals surface area contributed by atoms with E-state index in [1.807, 2.05) is 37.3 Å². The lowest BCUT2D eigenvalue weighted by molar-refractivity contribution is -0.115. The molecule has 4 heteroatoms. The summed E-state index contributed by atoms with van der Waals surface area (Å²) in [4.78, 5) is 12.3. The molecular weight excluding hydrogens is 312 g/mol. The maximum absolute atomic E-state index is 12.3. The Morgan fingerprint density at radius 3 is 2.64 bits per heavy atom. The van der Waals surface area contributed by atoms with Crippen molar-refractivity contribution < 1.29 is 9.53 Å². The molecule has 0 unspecified atom stereocenters. The predicted molar refractivity (Wildman–Crippen MR) is 103 cm³/mol. The second-order valence-corrected chi connectivity index (χ2v) is 6.52. The molecule has 0 radical (unpaired) electrons. The molecule has 0 saturated heterocycles. The van der Waals surface area contributed by atoms with Crippen LogP contribution in [0, 0.1) is 6.92 Å². The highest BCUT2D eigenvalue weighted by Gasteiger charge is 2.11. The highest BCUT2D eigenvalue weighted by atomic mass is 16.5. The van der Waals surface area contributed by atoms with E-state index in [2.05, 4.69) is 36.6 Å². The largest absolute Gasteiger partial charge is 0.497 e. The number of rotatable bonds is 8. The van der Waals surface area contributed by atoms with Crippen molar-refractivity contribution in [1.29, 1.82) is 0 Å². The van der Waals surface area contributed by atoms with E-state index in [0.29, 0.717) is 12.5 Å². The second kappa shape index (κ2) is 9.23. The van der Waals surface area contributed by atoms with Crippen molar-refractivity contribution in [3.05, 3.63) is 59.2 Å². The Balaban J connectivity index is 1.83. The SMILES string of the molecule is COc1cccc(CCNCC(=O)Nc2c(C)cccc2C(C)C)c1. The van der Waals surface area contributed by atoms with Crippen LogP contribution in [0.1, 0.15) is 36.5 Å². The van der Waals surface area contributed by atoms with Crippen LogP contribution in [0.5, 0.6) is 5.75 Å². The van der Waals surface area contributed by atoms with Gasteiger partial charge in [-0.25, -0.2) is 0 Å². The van der Waals surface area contributed by atoms with E-state index in [-0.39, 0.29) is 5.91 Å². The van der Waals surface area contributed by atoms with Gasteiger partial charge in [0.15, 0.2) is 0 Å². The molecule has 0 saturated carbocycles. The Kier molecular flexibility index (Phi) is 7.02. The molecule has 1 amide bonds. The number of methoxy groups -OCH3 is 1. The molecule has 0 fully saturated rings. The highest BCUT2D eigenvalue weighted by molar-refractivity contribution is 5.93. The van der Waals surface area contributed by atoms with Crippen LogP contribution in [0.2, 0.25) is 0 Å². The van der Waals surface area contributed by atoms with E-state index in [1.165, 1.54) is 11.1 Å². The minimum atomic E-state index is -0.0122. The zero-order valence-electron chi connectivity index (χ0n) is 15.6. The summed E-state index contributed by atoms with van der Waals surface area (Å²) in [6.45, 7) is 7.34. The van der Waals surface area contributed by atoms with Crippen molar-refractivity contribution in [2.24, 2.45) is 0 Å². The maximum atomic E-state index is 12.3. The molecule has 2 N–H and O–H groups in total. The van der Waals surface area contributed by atoms with Crippen molar-refractivity contribution in [2.45, 2.75) is 33.1 Å². The molecule has 0 bridgehead atoms. The fraction of sp³-hybridized carbons (Fsp3) is 0.381. The molecule has 4 nitrogen and oxygen atoms in total. The molecule has 0 aliphatic carbocycles. The van der Waals surface area contributed by atoms with Crippen molar-refractivity contribution in [3.8, 4) is 5.75 Å². The monoisotopic (exact) mass is 340 g/mol. The Bertz CT molecular complexity index is 711. The van der Waals surface area contributed by atoms with Crippen molar-refractivity contribution >= 4 is 11.6 Å². The summed E-state index contributed by atoms with van der Waals surface area (Å²) in [6.07, 6.45) is 0.853. The third kappa shape index (κ3) is 5.61. The smallest absolute Gasteiger partial charge is 0.238 e. The van der Waals surface area contributed by atoms with Crippen molar-refractivity contribution in [2.75, 3.05) is 25.5 Å². The quantitative estimate of drug-likeness (QED) is 0.717. The van der Waals surface area contributed by atoms with E-state index in [1.54, 1.807) is 7.11 Å². The lowest BCUT2D eigenvalue weighted by Gasteiger charge is -2.16. The zero-order chi connectivity index (χ0) is 18.2. The van der Waals surface area contributed by atoms with Gasteiger partial charge >= 0.3 is 0 Å². The summed E-state index contributed by atoms with van der Waals surface area (Å²) in [6, 6.07) is 14.1. The van der Waals surface area contributed by atoms with Gasteiger partial charge in [-0.05, 0) is 54.6 Å². The summed E-state index contributed by atoms with van der Waals surface area (Å²) in [5.41, 5.74) is 4.39. The van der Waals surface area contributed by atoms with Crippen LogP contribution in [0.3, 0.4) is 0 Å². The van der Waals surface area contributed by atoms with Gasteiger partial charge in [0.1, 0.15) is 5.75 Å². The first-order valence-electron chi connectivity index (χ1n) is 8.74. The molecule has 2 rings (SSSR count). The number of aryl methyl sites for hydroxylation is 1. The van der Waals surface area contributed by atoms with Crippen LogP contribution in [0.15, 0.2) is 42.5 Å². The average molecular weight is 340 g/mol. The van der Waals surface area contributed by atoms with Crippen LogP contribution in [0.4, 0.5) is 5.69 Å².